The SMILES string of the molecule is CC1C2(C)CC12C. The van der Waals surface area contributed by atoms with Gasteiger partial charge in [-0.1, -0.05) is 20.8 Å². The summed E-state index contributed by atoms with van der Waals surface area (Å²) in [5.74, 6) is 1.04. The molecule has 0 amide bonds. The monoisotopic (exact) mass is 96.1 g/mol. The molecule has 0 aromatic heterocycles. The van der Waals surface area contributed by atoms with E-state index in [1.54, 1.807) is 0 Å². The summed E-state index contributed by atoms with van der Waals surface area (Å²) < 4.78 is 0. The molecule has 7 heavy (non-hydrogen) atoms. The Bertz CT molecular complexity index is 114. The molecule has 2 atom stereocenters. The Morgan fingerprint density at radius 2 is 1.57 bits per heavy atom. The summed E-state index contributed by atoms with van der Waals surface area (Å²) in [5, 5.41) is 0. The van der Waals surface area contributed by atoms with Gasteiger partial charge in [-0.05, 0) is 23.2 Å². The summed E-state index contributed by atoms with van der Waals surface area (Å²) in [6, 6.07) is 0. The maximum absolute atomic E-state index is 2.40. The summed E-state index contributed by atoms with van der Waals surface area (Å²) in [5.41, 5.74) is 1.62. The van der Waals surface area contributed by atoms with Gasteiger partial charge in [-0.2, -0.15) is 0 Å². The molecule has 0 aromatic rings. The van der Waals surface area contributed by atoms with Crippen molar-refractivity contribution in [2.75, 3.05) is 0 Å². The zero-order chi connectivity index (χ0) is 5.28. The molecule has 2 unspecified atom stereocenters. The Morgan fingerprint density at radius 1 is 1.29 bits per heavy atom. The third kappa shape index (κ3) is 0.181. The molecule has 0 N–H and O–H groups in total. The van der Waals surface area contributed by atoms with Crippen LogP contribution in [0.5, 0.6) is 0 Å². The van der Waals surface area contributed by atoms with Gasteiger partial charge in [-0.3, -0.25) is 0 Å². The topological polar surface area (TPSA) is 0 Å². The normalized spacial score (nSPS) is 75.0. The van der Waals surface area contributed by atoms with E-state index in [2.05, 4.69) is 20.8 Å². The van der Waals surface area contributed by atoms with Gasteiger partial charge in [0.2, 0.25) is 0 Å². The van der Waals surface area contributed by atoms with E-state index in [-0.39, 0.29) is 0 Å². The smallest absolute Gasteiger partial charge is 0.0232 e. The average molecular weight is 96.2 g/mol. The van der Waals surface area contributed by atoms with Gasteiger partial charge in [-0.15, -0.1) is 0 Å². The summed E-state index contributed by atoms with van der Waals surface area (Å²) in [6.07, 6.45) is 1.50. The Kier molecular flexibility index (Phi) is 0.330. The molecule has 0 aliphatic heterocycles. The molecule has 0 nitrogen and oxygen atoms in total. The molecule has 0 saturated heterocycles. The first-order chi connectivity index (χ1) is 3.11. The van der Waals surface area contributed by atoms with Gasteiger partial charge in [0.1, 0.15) is 0 Å². The highest BCUT2D eigenvalue weighted by Crippen LogP contribution is 2.89. The van der Waals surface area contributed by atoms with E-state index in [9.17, 15) is 0 Å². The molecule has 0 spiro atoms. The van der Waals surface area contributed by atoms with Crippen molar-refractivity contribution in [1.82, 2.24) is 0 Å². The van der Waals surface area contributed by atoms with E-state index < -0.39 is 0 Å². The van der Waals surface area contributed by atoms with Crippen LogP contribution in [-0.2, 0) is 0 Å². The molecule has 2 saturated carbocycles. The lowest BCUT2D eigenvalue weighted by Gasteiger charge is -1.98. The van der Waals surface area contributed by atoms with Crippen molar-refractivity contribution in [3.63, 3.8) is 0 Å². The Morgan fingerprint density at radius 3 is 1.57 bits per heavy atom. The van der Waals surface area contributed by atoms with Gasteiger partial charge in [0.15, 0.2) is 0 Å². The zero-order valence-electron chi connectivity index (χ0n) is 5.28. The molecule has 2 fully saturated rings. The van der Waals surface area contributed by atoms with Gasteiger partial charge in [-0.25, -0.2) is 0 Å². The number of rotatable bonds is 0. The summed E-state index contributed by atoms with van der Waals surface area (Å²) >= 11 is 0. The number of fused-ring (bicyclic) bond motifs is 1. The van der Waals surface area contributed by atoms with Gasteiger partial charge < -0.3 is 0 Å². The second-order valence-electron chi connectivity index (χ2n) is 3.73. The predicted molar refractivity (Wildman–Crippen MR) is 30.0 cm³/mol. The minimum Gasteiger partial charge on any atom is -0.0614 e. The first-order valence-corrected chi connectivity index (χ1v) is 3.11. The van der Waals surface area contributed by atoms with E-state index in [1.807, 2.05) is 0 Å². The average Bonchev–Trinajstić information content (AvgIpc) is 2.24. The molecule has 0 heteroatoms. The molecule has 40 valence electrons. The lowest BCUT2D eigenvalue weighted by molar-refractivity contribution is 0.515. The minimum absolute atomic E-state index is 0.812. The van der Waals surface area contributed by atoms with Crippen molar-refractivity contribution in [3.8, 4) is 0 Å². The number of hydrogen-bond donors (Lipinski definition) is 0. The molecule has 0 radical (unpaired) electrons. The summed E-state index contributed by atoms with van der Waals surface area (Å²) in [4.78, 5) is 0. The lowest BCUT2D eigenvalue weighted by atomic mass is 10.1. The highest BCUT2D eigenvalue weighted by molar-refractivity contribution is 5.30. The molecular formula is C7H12. The summed E-state index contributed by atoms with van der Waals surface area (Å²) in [6.45, 7) is 7.17. The van der Waals surface area contributed by atoms with Gasteiger partial charge in [0, 0.05) is 0 Å². The van der Waals surface area contributed by atoms with Crippen LogP contribution in [0.3, 0.4) is 0 Å². The van der Waals surface area contributed by atoms with E-state index in [0.717, 1.165) is 16.7 Å². The lowest BCUT2D eigenvalue weighted by Crippen LogP contribution is -1.89. The number of hydrogen-bond acceptors (Lipinski definition) is 0. The molecule has 2 aliphatic carbocycles. The van der Waals surface area contributed by atoms with Crippen molar-refractivity contribution in [2.24, 2.45) is 16.7 Å². The van der Waals surface area contributed by atoms with Crippen LogP contribution in [0.25, 0.3) is 0 Å². The molecule has 0 heterocycles. The molecule has 2 aliphatic rings. The fourth-order valence-corrected chi connectivity index (χ4v) is 2.14. The maximum Gasteiger partial charge on any atom is -0.0232 e. The van der Waals surface area contributed by atoms with Crippen molar-refractivity contribution < 1.29 is 0 Å². The van der Waals surface area contributed by atoms with Crippen LogP contribution >= 0.6 is 0 Å². The van der Waals surface area contributed by atoms with E-state index in [4.69, 9.17) is 0 Å². The highest BCUT2D eigenvalue weighted by Gasteiger charge is 2.82. The zero-order valence-corrected chi connectivity index (χ0v) is 5.28. The fourth-order valence-electron chi connectivity index (χ4n) is 2.14. The molecule has 0 bridgehead atoms. The standard InChI is InChI=1S/C7H12/c1-5-6(2)4-7(5,6)3/h5H,4H2,1-3H3. The first kappa shape index (κ1) is 3.94. The van der Waals surface area contributed by atoms with Crippen molar-refractivity contribution in [1.29, 1.82) is 0 Å². The van der Waals surface area contributed by atoms with Gasteiger partial charge in [0.05, 0.1) is 0 Å². The Hall–Kier alpha value is 0. The Balaban J connectivity index is 2.29. The molecule has 0 aromatic carbocycles. The van der Waals surface area contributed by atoms with Crippen LogP contribution in [-0.4, -0.2) is 0 Å². The van der Waals surface area contributed by atoms with Gasteiger partial charge in [0.25, 0.3) is 0 Å². The molecule has 2 rings (SSSR count). The van der Waals surface area contributed by atoms with E-state index >= 15 is 0 Å². The van der Waals surface area contributed by atoms with Crippen LogP contribution in [0.2, 0.25) is 0 Å². The highest BCUT2D eigenvalue weighted by atomic mass is 14.9. The van der Waals surface area contributed by atoms with Gasteiger partial charge >= 0.3 is 0 Å². The van der Waals surface area contributed by atoms with Crippen molar-refractivity contribution in [2.45, 2.75) is 27.2 Å². The van der Waals surface area contributed by atoms with Crippen LogP contribution in [0, 0.1) is 16.7 Å². The van der Waals surface area contributed by atoms with Crippen molar-refractivity contribution in [3.05, 3.63) is 0 Å². The molecular weight excluding hydrogens is 84.1 g/mol. The summed E-state index contributed by atoms with van der Waals surface area (Å²) in [7, 11) is 0. The minimum atomic E-state index is 0.812. The second kappa shape index (κ2) is 0.586. The predicted octanol–water partition coefficient (Wildman–Crippen LogP) is 2.05. The quantitative estimate of drug-likeness (QED) is 0.433. The van der Waals surface area contributed by atoms with Crippen LogP contribution < -0.4 is 0 Å². The first-order valence-electron chi connectivity index (χ1n) is 3.11. The van der Waals surface area contributed by atoms with E-state index in [0.29, 0.717) is 0 Å². The van der Waals surface area contributed by atoms with Crippen LogP contribution in [0.4, 0.5) is 0 Å². The Labute approximate surface area is 44.9 Å². The fraction of sp³-hybridized carbons (Fsp3) is 1.00. The van der Waals surface area contributed by atoms with Crippen LogP contribution in [0.1, 0.15) is 27.2 Å². The second-order valence-corrected chi connectivity index (χ2v) is 3.73. The van der Waals surface area contributed by atoms with E-state index in [1.165, 1.54) is 6.42 Å². The third-order valence-electron chi connectivity index (χ3n) is 3.74. The third-order valence-corrected chi connectivity index (χ3v) is 3.74. The van der Waals surface area contributed by atoms with Crippen molar-refractivity contribution >= 4 is 0 Å². The maximum atomic E-state index is 2.40. The largest absolute Gasteiger partial charge is 0.0614 e. The van der Waals surface area contributed by atoms with Crippen LogP contribution in [0.15, 0.2) is 0 Å².